The van der Waals surface area contributed by atoms with Gasteiger partial charge in [-0.3, -0.25) is 9.88 Å². The molecule has 0 saturated carbocycles. The maximum absolute atomic E-state index is 5.84. The zero-order chi connectivity index (χ0) is 19.2. The van der Waals surface area contributed by atoms with Crippen molar-refractivity contribution >= 4 is 0 Å². The summed E-state index contributed by atoms with van der Waals surface area (Å²) in [5.41, 5.74) is 1.82. The maximum Gasteiger partial charge on any atom is 0.267 e. The second-order valence-electron chi connectivity index (χ2n) is 6.75. The van der Waals surface area contributed by atoms with Gasteiger partial charge in [-0.15, -0.1) is 10.2 Å². The van der Waals surface area contributed by atoms with Gasteiger partial charge in [0.25, 0.3) is 5.89 Å². The van der Waals surface area contributed by atoms with Crippen LogP contribution in [0, 0.1) is 0 Å². The summed E-state index contributed by atoms with van der Waals surface area (Å²) in [7, 11) is 1.67. The van der Waals surface area contributed by atoms with Gasteiger partial charge in [-0.05, 0) is 30.7 Å². The molecule has 146 valence electrons. The molecule has 0 bridgehead atoms. The number of ether oxygens (including phenoxy) is 2. The summed E-state index contributed by atoms with van der Waals surface area (Å²) in [6.45, 7) is 3.87. The van der Waals surface area contributed by atoms with Crippen molar-refractivity contribution in [3.05, 3.63) is 54.3 Å². The van der Waals surface area contributed by atoms with Crippen LogP contribution in [0.15, 0.2) is 47.3 Å². The molecule has 0 spiro atoms. The predicted octanol–water partition coefficient (Wildman–Crippen LogP) is 2.54. The third-order valence-electron chi connectivity index (χ3n) is 4.71. The zero-order valence-corrected chi connectivity index (χ0v) is 15.8. The van der Waals surface area contributed by atoms with E-state index >= 15 is 0 Å². The maximum atomic E-state index is 5.84. The van der Waals surface area contributed by atoms with Gasteiger partial charge in [0.05, 0.1) is 18.7 Å². The Balaban J connectivity index is 1.35. The molecule has 3 aromatic rings. The van der Waals surface area contributed by atoms with Crippen LogP contribution in [0.5, 0.6) is 5.75 Å². The Hall–Kier alpha value is -2.84. The fraction of sp³-hybridized carbons (Fsp3) is 0.400. The lowest BCUT2D eigenvalue weighted by Crippen LogP contribution is -2.19. The van der Waals surface area contributed by atoms with Gasteiger partial charge in [-0.25, -0.2) is 4.98 Å². The number of aromatic nitrogens is 4. The zero-order valence-electron chi connectivity index (χ0n) is 15.8. The minimum Gasteiger partial charge on any atom is -0.491 e. The van der Waals surface area contributed by atoms with Crippen molar-refractivity contribution in [3.63, 3.8) is 0 Å². The van der Waals surface area contributed by atoms with Gasteiger partial charge < -0.3 is 13.9 Å². The fourth-order valence-electron chi connectivity index (χ4n) is 3.33. The Morgan fingerprint density at radius 1 is 1.21 bits per heavy atom. The van der Waals surface area contributed by atoms with E-state index in [1.807, 2.05) is 12.1 Å². The van der Waals surface area contributed by atoms with Crippen LogP contribution in [0.2, 0.25) is 0 Å². The first-order chi connectivity index (χ1) is 13.8. The molecular weight excluding hydrogens is 358 g/mol. The van der Waals surface area contributed by atoms with E-state index in [2.05, 4.69) is 37.2 Å². The van der Waals surface area contributed by atoms with Crippen molar-refractivity contribution in [2.45, 2.75) is 18.9 Å². The number of nitrogens with zero attached hydrogens (tertiary/aromatic N) is 5. The Bertz CT molecular complexity index is 886. The van der Waals surface area contributed by atoms with Crippen LogP contribution < -0.4 is 4.74 Å². The molecule has 3 heterocycles. The van der Waals surface area contributed by atoms with Gasteiger partial charge >= 0.3 is 0 Å². The summed E-state index contributed by atoms with van der Waals surface area (Å²) >= 11 is 0. The molecule has 0 amide bonds. The highest BCUT2D eigenvalue weighted by atomic mass is 16.5. The SMILES string of the molecule is COCCOc1cccc(CN2CC[C@H](c3nnc(-c4cnccn4)o3)C2)c1. The van der Waals surface area contributed by atoms with E-state index in [4.69, 9.17) is 13.9 Å². The quantitative estimate of drug-likeness (QED) is 0.550. The molecule has 1 saturated heterocycles. The lowest BCUT2D eigenvalue weighted by atomic mass is 10.1. The summed E-state index contributed by atoms with van der Waals surface area (Å²) in [5.74, 6) is 2.19. The Morgan fingerprint density at radius 3 is 3.04 bits per heavy atom. The highest BCUT2D eigenvalue weighted by Gasteiger charge is 2.28. The molecule has 0 N–H and O–H groups in total. The van der Waals surface area contributed by atoms with E-state index in [0.29, 0.717) is 30.7 Å². The van der Waals surface area contributed by atoms with Crippen LogP contribution >= 0.6 is 0 Å². The summed E-state index contributed by atoms with van der Waals surface area (Å²) in [6, 6.07) is 8.20. The molecule has 8 nitrogen and oxygen atoms in total. The van der Waals surface area contributed by atoms with Crippen molar-refractivity contribution in [3.8, 4) is 17.3 Å². The van der Waals surface area contributed by atoms with Crippen molar-refractivity contribution in [2.24, 2.45) is 0 Å². The van der Waals surface area contributed by atoms with Crippen LogP contribution in [0.25, 0.3) is 11.6 Å². The summed E-state index contributed by atoms with van der Waals surface area (Å²) in [5, 5.41) is 8.35. The summed E-state index contributed by atoms with van der Waals surface area (Å²) in [6.07, 6.45) is 5.85. The summed E-state index contributed by atoms with van der Waals surface area (Å²) < 4.78 is 16.6. The Kier molecular flexibility index (Phi) is 5.89. The fourth-order valence-corrected chi connectivity index (χ4v) is 3.33. The van der Waals surface area contributed by atoms with E-state index in [-0.39, 0.29) is 5.92 Å². The van der Waals surface area contributed by atoms with E-state index in [9.17, 15) is 0 Å². The van der Waals surface area contributed by atoms with Crippen LogP contribution in [-0.4, -0.2) is 58.5 Å². The van der Waals surface area contributed by atoms with Crippen LogP contribution in [0.3, 0.4) is 0 Å². The number of benzene rings is 1. The Morgan fingerprint density at radius 2 is 2.18 bits per heavy atom. The molecule has 0 aliphatic carbocycles. The molecule has 1 atom stereocenters. The topological polar surface area (TPSA) is 86.4 Å². The molecule has 28 heavy (non-hydrogen) atoms. The van der Waals surface area contributed by atoms with Gasteiger partial charge in [0.2, 0.25) is 5.89 Å². The minimum absolute atomic E-state index is 0.235. The first-order valence-corrected chi connectivity index (χ1v) is 9.34. The lowest BCUT2D eigenvalue weighted by Gasteiger charge is -2.16. The lowest BCUT2D eigenvalue weighted by molar-refractivity contribution is 0.146. The number of likely N-dealkylation sites (tertiary alicyclic amines) is 1. The van der Waals surface area contributed by atoms with Crippen molar-refractivity contribution in [1.82, 2.24) is 25.1 Å². The van der Waals surface area contributed by atoms with Gasteiger partial charge in [0, 0.05) is 32.6 Å². The van der Waals surface area contributed by atoms with Gasteiger partial charge in [0.15, 0.2) is 0 Å². The smallest absolute Gasteiger partial charge is 0.267 e. The first kappa shape index (κ1) is 18.5. The molecule has 0 unspecified atom stereocenters. The normalized spacial score (nSPS) is 17.1. The van der Waals surface area contributed by atoms with Crippen molar-refractivity contribution in [1.29, 1.82) is 0 Å². The van der Waals surface area contributed by atoms with E-state index in [1.54, 1.807) is 25.7 Å². The highest BCUT2D eigenvalue weighted by molar-refractivity contribution is 5.43. The number of hydrogen-bond acceptors (Lipinski definition) is 8. The molecular formula is C20H23N5O3. The predicted molar refractivity (Wildman–Crippen MR) is 102 cm³/mol. The standard InChI is InChI=1S/C20H23N5O3/c1-26-9-10-27-17-4-2-3-15(11-17)13-25-8-5-16(14-25)19-23-24-20(28-19)18-12-21-6-7-22-18/h2-4,6-7,11-12,16H,5,8-10,13-14H2,1H3/t16-/m0/s1. The van der Waals surface area contributed by atoms with Crippen LogP contribution in [-0.2, 0) is 11.3 Å². The van der Waals surface area contributed by atoms with Crippen LogP contribution in [0.4, 0.5) is 0 Å². The minimum atomic E-state index is 0.235. The highest BCUT2D eigenvalue weighted by Crippen LogP contribution is 2.29. The van der Waals surface area contributed by atoms with Crippen molar-refractivity contribution < 1.29 is 13.9 Å². The molecule has 0 radical (unpaired) electrons. The molecule has 1 aliphatic rings. The van der Waals surface area contributed by atoms with Gasteiger partial charge in [-0.1, -0.05) is 12.1 Å². The average molecular weight is 381 g/mol. The molecule has 1 aromatic carbocycles. The van der Waals surface area contributed by atoms with Crippen LogP contribution in [0.1, 0.15) is 23.8 Å². The second kappa shape index (κ2) is 8.90. The largest absolute Gasteiger partial charge is 0.491 e. The Labute approximate surface area is 163 Å². The van der Waals surface area contributed by atoms with E-state index in [0.717, 1.165) is 31.8 Å². The average Bonchev–Trinajstić information content (AvgIpc) is 3.39. The monoisotopic (exact) mass is 381 g/mol. The molecule has 1 aliphatic heterocycles. The van der Waals surface area contributed by atoms with Gasteiger partial charge in [-0.2, -0.15) is 0 Å². The molecule has 1 fully saturated rings. The molecule has 4 rings (SSSR count). The number of rotatable bonds is 8. The second-order valence-corrected chi connectivity index (χ2v) is 6.75. The first-order valence-electron chi connectivity index (χ1n) is 9.34. The third kappa shape index (κ3) is 4.52. The third-order valence-corrected chi connectivity index (χ3v) is 4.71. The number of methoxy groups -OCH3 is 1. The van der Waals surface area contributed by atoms with E-state index < -0.39 is 0 Å². The van der Waals surface area contributed by atoms with E-state index in [1.165, 1.54) is 5.56 Å². The molecule has 8 heteroatoms. The molecule has 2 aromatic heterocycles. The van der Waals surface area contributed by atoms with Gasteiger partial charge in [0.1, 0.15) is 18.1 Å². The summed E-state index contributed by atoms with van der Waals surface area (Å²) in [4.78, 5) is 10.6. The van der Waals surface area contributed by atoms with Crippen molar-refractivity contribution in [2.75, 3.05) is 33.4 Å². The number of hydrogen-bond donors (Lipinski definition) is 0.